The topological polar surface area (TPSA) is 40.5 Å². The summed E-state index contributed by atoms with van der Waals surface area (Å²) < 4.78 is 24.6. The molecule has 0 aliphatic rings. The fraction of sp³-hybridized carbons (Fsp3) is 0. The molecule has 0 fully saturated rings. The van der Waals surface area contributed by atoms with Crippen LogP contribution in [-0.4, -0.2) is 17.2 Å². The monoisotopic (exact) mass is 198 g/mol. The van der Waals surface area contributed by atoms with Crippen molar-refractivity contribution in [1.82, 2.24) is 0 Å². The molecule has 0 amide bonds. The summed E-state index contributed by atoms with van der Waals surface area (Å²) in [6, 6.07) is 2.67. The van der Waals surface area contributed by atoms with E-state index in [0.717, 1.165) is 18.2 Å². The molecule has 0 unspecified atom stereocenters. The van der Waals surface area contributed by atoms with Gasteiger partial charge in [0.05, 0.1) is 0 Å². The third kappa shape index (κ3) is 3.21. The van der Waals surface area contributed by atoms with Gasteiger partial charge in [0.1, 0.15) is 0 Å². The van der Waals surface area contributed by atoms with Crippen LogP contribution in [0.15, 0.2) is 18.2 Å². The van der Waals surface area contributed by atoms with Gasteiger partial charge in [0.15, 0.2) is 11.6 Å². The summed E-state index contributed by atoms with van der Waals surface area (Å²) in [5.41, 5.74) is -0.0658. The van der Waals surface area contributed by atoms with Crippen LogP contribution in [0.3, 0.4) is 0 Å². The predicted molar refractivity (Wildman–Crippen MR) is 37.3 cm³/mol. The van der Waals surface area contributed by atoms with Gasteiger partial charge in [0.25, 0.3) is 0 Å². The number of benzene rings is 1. The zero-order valence-electron chi connectivity index (χ0n) is 7.46. The maximum atomic E-state index is 12.3. The minimum atomic E-state index is -1.76. The van der Waals surface area contributed by atoms with Crippen LogP contribution in [-0.2, 0) is 0 Å². The first-order valence-corrected chi connectivity index (χ1v) is 2.92. The number of halogens is 2. The molecule has 2 N–H and O–H groups in total. The smallest absolute Gasteiger partial charge is 1.00 e. The first-order valence-electron chi connectivity index (χ1n) is 2.92. The Morgan fingerprint density at radius 2 is 1.75 bits per heavy atom. The van der Waals surface area contributed by atoms with Crippen molar-refractivity contribution in [3.63, 3.8) is 0 Å². The maximum Gasteiger partial charge on any atom is 1.00 e. The molecule has 0 bridgehead atoms. The standard InChI is InChI=1S/C6H5BF2O2.K.H/c8-5-2-1-4(7(10)11)3-6(5)9;;/h1-3,10-11H;;/q;+1;-1. The van der Waals surface area contributed by atoms with Crippen molar-refractivity contribution in [2.24, 2.45) is 0 Å². The average Bonchev–Trinajstić information content (AvgIpc) is 1.94. The molecule has 0 saturated heterocycles. The molecule has 0 atom stereocenters. The second-order valence-corrected chi connectivity index (χ2v) is 2.05. The summed E-state index contributed by atoms with van der Waals surface area (Å²) in [5.74, 6) is -2.09. The third-order valence-corrected chi connectivity index (χ3v) is 1.24. The maximum absolute atomic E-state index is 12.3. The first kappa shape index (κ1) is 12.7. The van der Waals surface area contributed by atoms with Crippen LogP contribution in [0.5, 0.6) is 0 Å². The quantitative estimate of drug-likeness (QED) is 0.465. The molecule has 0 heterocycles. The third-order valence-electron chi connectivity index (χ3n) is 1.24. The number of rotatable bonds is 1. The Balaban J connectivity index is 0. The number of hydrogen-bond acceptors (Lipinski definition) is 2. The normalized spacial score (nSPS) is 9.00. The molecule has 0 aliphatic carbocycles. The molecule has 12 heavy (non-hydrogen) atoms. The van der Waals surface area contributed by atoms with E-state index in [4.69, 9.17) is 10.0 Å². The van der Waals surface area contributed by atoms with Crippen molar-refractivity contribution in [3.8, 4) is 0 Å². The molecule has 2 nitrogen and oxygen atoms in total. The first-order chi connectivity index (χ1) is 5.11. The Hall–Kier alpha value is 0.701. The summed E-state index contributed by atoms with van der Waals surface area (Å²) in [6.45, 7) is 0. The Morgan fingerprint density at radius 3 is 2.17 bits per heavy atom. The van der Waals surface area contributed by atoms with Gasteiger partial charge in [-0.2, -0.15) is 0 Å². The summed E-state index contributed by atoms with van der Waals surface area (Å²) in [5, 5.41) is 17.0. The van der Waals surface area contributed by atoms with Gasteiger partial charge in [-0.25, -0.2) is 8.78 Å². The van der Waals surface area contributed by atoms with E-state index in [2.05, 4.69) is 0 Å². The van der Waals surface area contributed by atoms with Crippen LogP contribution in [0.2, 0.25) is 0 Å². The van der Waals surface area contributed by atoms with Gasteiger partial charge in [-0.1, -0.05) is 6.07 Å². The predicted octanol–water partition coefficient (Wildman–Crippen LogP) is -3.24. The molecular weight excluding hydrogens is 192 g/mol. The molecule has 6 heteroatoms. The summed E-state index contributed by atoms with van der Waals surface area (Å²) in [7, 11) is -1.76. The zero-order valence-corrected chi connectivity index (χ0v) is 9.58. The SMILES string of the molecule is OB(O)c1ccc(F)c(F)c1.[H-].[K+]. The summed E-state index contributed by atoms with van der Waals surface area (Å²) in [4.78, 5) is 0. The second-order valence-electron chi connectivity index (χ2n) is 2.05. The second kappa shape index (κ2) is 5.44. The number of hydrogen-bond donors (Lipinski definition) is 2. The van der Waals surface area contributed by atoms with E-state index in [1.807, 2.05) is 0 Å². The Labute approximate surface area is 113 Å². The molecule has 1 aromatic carbocycles. The van der Waals surface area contributed by atoms with E-state index in [0.29, 0.717) is 0 Å². The van der Waals surface area contributed by atoms with Crippen LogP contribution < -0.4 is 56.8 Å². The van der Waals surface area contributed by atoms with E-state index in [1.165, 1.54) is 0 Å². The fourth-order valence-corrected chi connectivity index (χ4v) is 0.673. The van der Waals surface area contributed by atoms with Crippen molar-refractivity contribution < 1.29 is 71.6 Å². The van der Waals surface area contributed by atoms with Crippen molar-refractivity contribution in [2.75, 3.05) is 0 Å². The molecule has 0 saturated carbocycles. The van der Waals surface area contributed by atoms with Gasteiger partial charge >= 0.3 is 58.5 Å². The van der Waals surface area contributed by atoms with Crippen molar-refractivity contribution in [2.45, 2.75) is 0 Å². The van der Waals surface area contributed by atoms with Crippen LogP contribution in [0.4, 0.5) is 8.78 Å². The van der Waals surface area contributed by atoms with E-state index in [1.54, 1.807) is 0 Å². The minimum absolute atomic E-state index is 0. The van der Waals surface area contributed by atoms with Gasteiger partial charge in [0, 0.05) is 0 Å². The fourth-order valence-electron chi connectivity index (χ4n) is 0.673. The zero-order chi connectivity index (χ0) is 8.43. The molecule has 60 valence electrons. The summed E-state index contributed by atoms with van der Waals surface area (Å²) >= 11 is 0. The summed E-state index contributed by atoms with van der Waals surface area (Å²) in [6.07, 6.45) is 0. The van der Waals surface area contributed by atoms with Crippen molar-refractivity contribution in [3.05, 3.63) is 29.8 Å². The molecule has 0 spiro atoms. The van der Waals surface area contributed by atoms with Crippen LogP contribution in [0.25, 0.3) is 0 Å². The van der Waals surface area contributed by atoms with Crippen LogP contribution in [0.1, 0.15) is 1.43 Å². The van der Waals surface area contributed by atoms with Crippen LogP contribution >= 0.6 is 0 Å². The molecule has 1 rings (SSSR count). The van der Waals surface area contributed by atoms with Crippen LogP contribution in [0, 0.1) is 11.6 Å². The molecule has 0 aliphatic heterocycles. The van der Waals surface area contributed by atoms with Gasteiger partial charge < -0.3 is 11.5 Å². The minimum Gasteiger partial charge on any atom is -1.00 e. The average molecular weight is 198 g/mol. The van der Waals surface area contributed by atoms with Crippen molar-refractivity contribution in [1.29, 1.82) is 0 Å². The Kier molecular flexibility index (Phi) is 5.75. The van der Waals surface area contributed by atoms with E-state index >= 15 is 0 Å². The van der Waals surface area contributed by atoms with Gasteiger partial charge in [-0.05, 0) is 17.6 Å². The van der Waals surface area contributed by atoms with Gasteiger partial charge in [-0.3, -0.25) is 0 Å². The van der Waals surface area contributed by atoms with Gasteiger partial charge in [-0.15, -0.1) is 0 Å². The Bertz CT molecular complexity index is 275. The van der Waals surface area contributed by atoms with Gasteiger partial charge in [0.2, 0.25) is 0 Å². The Morgan fingerprint density at radius 1 is 1.17 bits per heavy atom. The van der Waals surface area contributed by atoms with Crippen molar-refractivity contribution >= 4 is 12.6 Å². The molecule has 1 aromatic rings. The van der Waals surface area contributed by atoms with E-state index < -0.39 is 18.8 Å². The van der Waals surface area contributed by atoms with E-state index in [9.17, 15) is 8.78 Å². The van der Waals surface area contributed by atoms with E-state index in [-0.39, 0.29) is 58.3 Å². The largest absolute Gasteiger partial charge is 1.00 e. The molecule has 0 aromatic heterocycles. The molecule has 0 radical (unpaired) electrons. The molecular formula is C6H6BF2KO2.